The van der Waals surface area contributed by atoms with Crippen molar-refractivity contribution in [3.63, 3.8) is 0 Å². The predicted molar refractivity (Wildman–Crippen MR) is 135 cm³/mol. The number of carbonyl (C=O) groups excluding carboxylic acids is 2. The van der Waals surface area contributed by atoms with E-state index in [0.717, 1.165) is 11.1 Å². The van der Waals surface area contributed by atoms with Crippen molar-refractivity contribution < 1.29 is 19.8 Å². The second kappa shape index (κ2) is 13.4. The molecule has 10 heteroatoms. The van der Waals surface area contributed by atoms with Gasteiger partial charge in [0.25, 0.3) is 0 Å². The van der Waals surface area contributed by atoms with Gasteiger partial charge >= 0.3 is 0 Å². The monoisotopic (exact) mass is 484 g/mol. The topological polar surface area (TPSA) is 189 Å². The Bertz CT molecular complexity index is 959. The van der Waals surface area contributed by atoms with Crippen LogP contribution in [0, 0.1) is 0 Å². The largest absolute Gasteiger partial charge is 0.370 e. The van der Waals surface area contributed by atoms with Gasteiger partial charge in [0.1, 0.15) is 6.04 Å². The van der Waals surface area contributed by atoms with Crippen LogP contribution >= 0.6 is 0 Å². The third-order valence-corrected chi connectivity index (χ3v) is 5.47. The summed E-state index contributed by atoms with van der Waals surface area (Å²) < 4.78 is 0. The highest BCUT2D eigenvalue weighted by atomic mass is 16.5. The smallest absolute Gasteiger partial charge is 0.243 e. The van der Waals surface area contributed by atoms with Gasteiger partial charge in [-0.15, -0.1) is 0 Å². The number of hydrogen-bond donors (Lipinski definition) is 7. The van der Waals surface area contributed by atoms with E-state index in [-0.39, 0.29) is 25.3 Å². The summed E-state index contributed by atoms with van der Waals surface area (Å²) in [6.07, 6.45) is 1.11. The Morgan fingerprint density at radius 2 is 1.46 bits per heavy atom. The molecule has 10 nitrogen and oxygen atoms in total. The van der Waals surface area contributed by atoms with Gasteiger partial charge in [-0.1, -0.05) is 60.7 Å². The molecule has 2 aromatic rings. The van der Waals surface area contributed by atoms with Crippen LogP contribution in [-0.4, -0.2) is 58.4 Å². The van der Waals surface area contributed by atoms with Crippen LogP contribution in [0.3, 0.4) is 0 Å². The van der Waals surface area contributed by atoms with Gasteiger partial charge in [0.05, 0.1) is 12.1 Å². The predicted octanol–water partition coefficient (Wildman–Crippen LogP) is -0.477. The normalized spacial score (nSPS) is 13.8. The van der Waals surface area contributed by atoms with E-state index in [1.54, 1.807) is 0 Å². The fourth-order valence-electron chi connectivity index (χ4n) is 3.56. The van der Waals surface area contributed by atoms with Gasteiger partial charge < -0.3 is 38.0 Å². The summed E-state index contributed by atoms with van der Waals surface area (Å²) in [4.78, 5) is 29.9. The van der Waals surface area contributed by atoms with Gasteiger partial charge in [-0.2, -0.15) is 0 Å². The molecule has 10 N–H and O–H groups in total. The minimum atomic E-state index is -2.20. The van der Waals surface area contributed by atoms with Gasteiger partial charge in [0.15, 0.2) is 11.7 Å². The number of nitrogens with one attached hydrogen (secondary N) is 2. The highest BCUT2D eigenvalue weighted by Gasteiger charge is 2.33. The van der Waals surface area contributed by atoms with Crippen molar-refractivity contribution >= 4 is 17.8 Å². The first-order valence-corrected chi connectivity index (χ1v) is 11.5. The molecule has 0 radical (unpaired) electrons. The zero-order chi connectivity index (χ0) is 25.8. The molecular formula is C25H36N6O4. The molecule has 0 saturated heterocycles. The maximum atomic E-state index is 13.2. The summed E-state index contributed by atoms with van der Waals surface area (Å²) in [7, 11) is 0. The number of amides is 2. The number of guanidine groups is 1. The standard InChI is InChI=1S/C25H36N6O4/c1-25(34,35)21(13-8-14-29-24(27)28)31-23(33)20(16-18-11-6-3-7-12-18)30-22(32)19(26)15-17-9-4-2-5-10-17/h2-7,9-12,19-21,34-35H,8,13-16,26H2,1H3,(H,30,32)(H,31,33)(H4,27,28,29)/t19-,20-,21-/m0/s1. The SMILES string of the molecule is CC(O)(O)[C@H](CCCN=C(N)N)NC(=O)[C@H](Cc1ccccc1)NC(=O)[C@@H](N)Cc1ccccc1. The Morgan fingerprint density at radius 1 is 0.914 bits per heavy atom. The lowest BCUT2D eigenvalue weighted by atomic mass is 10.00. The fraction of sp³-hybridized carbons (Fsp3) is 0.400. The molecule has 0 aliphatic heterocycles. The maximum Gasteiger partial charge on any atom is 0.243 e. The lowest BCUT2D eigenvalue weighted by Crippen LogP contribution is -2.58. The highest BCUT2D eigenvalue weighted by Crippen LogP contribution is 2.13. The molecule has 0 spiro atoms. The first kappa shape index (κ1) is 27.8. The van der Waals surface area contributed by atoms with Crippen molar-refractivity contribution in [3.8, 4) is 0 Å². The highest BCUT2D eigenvalue weighted by molar-refractivity contribution is 5.90. The first-order chi connectivity index (χ1) is 16.6. The quantitative estimate of drug-likeness (QED) is 0.0865. The van der Waals surface area contributed by atoms with Crippen LogP contribution in [0.5, 0.6) is 0 Å². The molecule has 2 amide bonds. The average molecular weight is 485 g/mol. The molecule has 0 aromatic heterocycles. The Kier molecular flexibility index (Phi) is 10.7. The van der Waals surface area contributed by atoms with Crippen LogP contribution in [0.15, 0.2) is 65.7 Å². The van der Waals surface area contributed by atoms with Crippen molar-refractivity contribution in [1.29, 1.82) is 0 Å². The molecular weight excluding hydrogens is 448 g/mol. The Labute approximate surface area is 205 Å². The fourth-order valence-corrected chi connectivity index (χ4v) is 3.56. The van der Waals surface area contributed by atoms with Crippen LogP contribution in [-0.2, 0) is 22.4 Å². The summed E-state index contributed by atoms with van der Waals surface area (Å²) in [6.45, 7) is 1.45. The molecule has 0 unspecified atom stereocenters. The number of aliphatic imine (C=N–C) groups is 1. The van der Waals surface area contributed by atoms with Gasteiger partial charge in [-0.3, -0.25) is 14.6 Å². The minimum absolute atomic E-state index is 0.0705. The van der Waals surface area contributed by atoms with Crippen molar-refractivity contribution in [2.24, 2.45) is 22.2 Å². The average Bonchev–Trinajstić information content (AvgIpc) is 2.80. The summed E-state index contributed by atoms with van der Waals surface area (Å²) in [6, 6.07) is 15.7. The number of hydrogen-bond acceptors (Lipinski definition) is 6. The van der Waals surface area contributed by atoms with E-state index in [0.29, 0.717) is 12.8 Å². The first-order valence-electron chi connectivity index (χ1n) is 11.5. The molecule has 2 aromatic carbocycles. The number of aliphatic hydroxyl groups is 2. The zero-order valence-corrected chi connectivity index (χ0v) is 19.9. The van der Waals surface area contributed by atoms with Crippen molar-refractivity contribution in [3.05, 3.63) is 71.8 Å². The molecule has 0 fully saturated rings. The molecule has 0 aliphatic carbocycles. The van der Waals surface area contributed by atoms with E-state index in [4.69, 9.17) is 17.2 Å². The van der Waals surface area contributed by atoms with Gasteiger partial charge in [-0.05, 0) is 37.3 Å². The molecule has 190 valence electrons. The zero-order valence-electron chi connectivity index (χ0n) is 19.9. The van der Waals surface area contributed by atoms with E-state index in [1.165, 1.54) is 6.92 Å². The van der Waals surface area contributed by atoms with Crippen molar-refractivity contribution in [1.82, 2.24) is 10.6 Å². The van der Waals surface area contributed by atoms with E-state index < -0.39 is 35.7 Å². The lowest BCUT2D eigenvalue weighted by Gasteiger charge is -2.31. The summed E-state index contributed by atoms with van der Waals surface area (Å²) >= 11 is 0. The summed E-state index contributed by atoms with van der Waals surface area (Å²) in [5.41, 5.74) is 18.5. The third-order valence-electron chi connectivity index (χ3n) is 5.47. The number of rotatable bonds is 13. The van der Waals surface area contributed by atoms with Crippen LogP contribution in [0.2, 0.25) is 0 Å². The van der Waals surface area contributed by atoms with Gasteiger partial charge in [0, 0.05) is 13.0 Å². The summed E-state index contributed by atoms with van der Waals surface area (Å²) in [5, 5.41) is 25.8. The van der Waals surface area contributed by atoms with E-state index in [9.17, 15) is 19.8 Å². The molecule has 0 aliphatic rings. The minimum Gasteiger partial charge on any atom is -0.370 e. The van der Waals surface area contributed by atoms with Crippen LogP contribution in [0.1, 0.15) is 30.9 Å². The molecule has 0 bridgehead atoms. The third kappa shape index (κ3) is 10.1. The Hall–Kier alpha value is -3.47. The molecule has 2 rings (SSSR count). The van der Waals surface area contributed by atoms with Crippen LogP contribution < -0.4 is 27.8 Å². The Balaban J connectivity index is 2.12. The van der Waals surface area contributed by atoms with E-state index in [1.807, 2.05) is 60.7 Å². The van der Waals surface area contributed by atoms with Gasteiger partial charge in [0.2, 0.25) is 11.8 Å². The Morgan fingerprint density at radius 3 is 1.97 bits per heavy atom. The number of nitrogens with two attached hydrogens (primary N) is 3. The number of nitrogens with zero attached hydrogens (tertiary/aromatic N) is 1. The van der Waals surface area contributed by atoms with E-state index >= 15 is 0 Å². The van der Waals surface area contributed by atoms with Crippen LogP contribution in [0.4, 0.5) is 0 Å². The number of carbonyl (C=O) groups is 2. The summed E-state index contributed by atoms with van der Waals surface area (Å²) in [5.74, 6) is -3.31. The second-order valence-electron chi connectivity index (χ2n) is 8.65. The van der Waals surface area contributed by atoms with Crippen LogP contribution in [0.25, 0.3) is 0 Å². The maximum absolute atomic E-state index is 13.2. The molecule has 3 atom stereocenters. The second-order valence-corrected chi connectivity index (χ2v) is 8.65. The van der Waals surface area contributed by atoms with Crippen molar-refractivity contribution in [2.45, 2.75) is 56.5 Å². The molecule has 0 saturated carbocycles. The molecule has 0 heterocycles. The van der Waals surface area contributed by atoms with Crippen molar-refractivity contribution in [2.75, 3.05) is 6.54 Å². The van der Waals surface area contributed by atoms with E-state index in [2.05, 4.69) is 15.6 Å². The molecule has 35 heavy (non-hydrogen) atoms. The van der Waals surface area contributed by atoms with Gasteiger partial charge in [-0.25, -0.2) is 0 Å². The number of benzene rings is 2. The lowest BCUT2D eigenvalue weighted by molar-refractivity contribution is -0.173.